The number of carbonyl (C=O) groups is 1. The number of hydrogen-bond donors (Lipinski definition) is 1. The van der Waals surface area contributed by atoms with Crippen LogP contribution in [-0.4, -0.2) is 24.0 Å². The van der Waals surface area contributed by atoms with Crippen LogP contribution in [0.2, 0.25) is 0 Å². The van der Waals surface area contributed by atoms with Gasteiger partial charge in [0.15, 0.2) is 0 Å². The van der Waals surface area contributed by atoms with Crippen LogP contribution in [0, 0.1) is 17.8 Å². The molecule has 0 aromatic rings. The molecule has 12 heavy (non-hydrogen) atoms. The zero-order valence-corrected chi connectivity index (χ0v) is 6.86. The summed E-state index contributed by atoms with van der Waals surface area (Å²) < 4.78 is 4.65. The number of rotatable bonds is 1. The van der Waals surface area contributed by atoms with Crippen molar-refractivity contribution < 1.29 is 14.7 Å². The maximum atomic E-state index is 11.2. The molecule has 0 aromatic heterocycles. The van der Waals surface area contributed by atoms with Gasteiger partial charge in [0.25, 0.3) is 0 Å². The van der Waals surface area contributed by atoms with Crippen LogP contribution < -0.4 is 0 Å². The summed E-state index contributed by atoms with van der Waals surface area (Å²) in [7, 11) is 1.40. The van der Waals surface area contributed by atoms with Crippen molar-refractivity contribution in [1.29, 1.82) is 0 Å². The van der Waals surface area contributed by atoms with E-state index in [-0.39, 0.29) is 17.8 Å². The Morgan fingerprint density at radius 1 is 1.75 bits per heavy atom. The van der Waals surface area contributed by atoms with E-state index in [2.05, 4.69) is 9.89 Å². The lowest BCUT2D eigenvalue weighted by atomic mass is 9.72. The summed E-state index contributed by atoms with van der Waals surface area (Å²) in [6.07, 6.45) is 1.75. The molecule has 0 spiro atoms. The molecule has 0 saturated heterocycles. The van der Waals surface area contributed by atoms with Gasteiger partial charge in [-0.3, -0.25) is 4.79 Å². The van der Waals surface area contributed by atoms with Gasteiger partial charge in [-0.05, 0) is 18.8 Å². The number of methoxy groups -OCH3 is 1. The molecule has 3 atom stereocenters. The fraction of sp³-hybridized carbons (Fsp3) is 0.750. The summed E-state index contributed by atoms with van der Waals surface area (Å²) in [5, 5.41) is 11.8. The van der Waals surface area contributed by atoms with Gasteiger partial charge < -0.3 is 9.94 Å². The second kappa shape index (κ2) is 2.47. The molecule has 0 amide bonds. The fourth-order valence-electron chi connectivity index (χ4n) is 2.33. The predicted octanol–water partition coefficient (Wildman–Crippen LogP) is 0.646. The van der Waals surface area contributed by atoms with Crippen LogP contribution in [0.3, 0.4) is 0 Å². The Balaban J connectivity index is 2.11. The van der Waals surface area contributed by atoms with Gasteiger partial charge in [0, 0.05) is 5.92 Å². The normalized spacial score (nSPS) is 41.1. The minimum Gasteiger partial charge on any atom is -0.469 e. The molecule has 3 saturated carbocycles. The lowest BCUT2D eigenvalue weighted by Gasteiger charge is -2.31. The molecule has 4 nitrogen and oxygen atoms in total. The number of fused-ring (bicyclic) bond motifs is 1. The van der Waals surface area contributed by atoms with E-state index >= 15 is 0 Å². The Labute approximate surface area is 70.2 Å². The summed E-state index contributed by atoms with van der Waals surface area (Å²) in [4.78, 5) is 11.2. The molecule has 0 unspecified atom stereocenters. The molecule has 3 rings (SSSR count). The van der Waals surface area contributed by atoms with E-state index < -0.39 is 0 Å². The molecule has 3 fully saturated rings. The van der Waals surface area contributed by atoms with Crippen LogP contribution >= 0.6 is 0 Å². The van der Waals surface area contributed by atoms with Crippen molar-refractivity contribution in [3.05, 3.63) is 0 Å². The minimum absolute atomic E-state index is 0.0269. The molecule has 66 valence electrons. The first kappa shape index (κ1) is 7.58. The van der Waals surface area contributed by atoms with Gasteiger partial charge in [-0.15, -0.1) is 0 Å². The van der Waals surface area contributed by atoms with Gasteiger partial charge in [-0.1, -0.05) is 5.16 Å². The maximum absolute atomic E-state index is 11.2. The molecule has 0 radical (unpaired) electrons. The molecule has 2 bridgehead atoms. The van der Waals surface area contributed by atoms with Crippen LogP contribution in [0.4, 0.5) is 0 Å². The highest BCUT2D eigenvalue weighted by atomic mass is 16.5. The molecule has 0 aliphatic heterocycles. The minimum atomic E-state index is -0.157. The standard InChI is InChI=1S/C8H11NO3/c1-12-8(10)7-4-2-5(7)6(3-4)9-11/h4-5,7,11H,2-3H2,1H3/b9-6-/t4-,5-,7+/m1/s1. The molecule has 3 aliphatic carbocycles. The third-order valence-corrected chi connectivity index (χ3v) is 3.00. The topological polar surface area (TPSA) is 58.9 Å². The molecule has 0 aromatic carbocycles. The second-order valence-corrected chi connectivity index (χ2v) is 3.45. The van der Waals surface area contributed by atoms with Crippen molar-refractivity contribution in [1.82, 2.24) is 0 Å². The molecule has 1 N–H and O–H groups in total. The van der Waals surface area contributed by atoms with Gasteiger partial charge in [-0.25, -0.2) is 0 Å². The summed E-state index contributed by atoms with van der Waals surface area (Å²) in [5.74, 6) is 0.344. The van der Waals surface area contributed by atoms with Crippen LogP contribution in [0.1, 0.15) is 12.8 Å². The number of nitrogens with zero attached hydrogens (tertiary/aromatic N) is 1. The largest absolute Gasteiger partial charge is 0.469 e. The van der Waals surface area contributed by atoms with Crippen LogP contribution in [0.25, 0.3) is 0 Å². The van der Waals surface area contributed by atoms with E-state index in [0.717, 1.165) is 18.6 Å². The van der Waals surface area contributed by atoms with Crippen molar-refractivity contribution in [2.45, 2.75) is 12.8 Å². The molecule has 4 heteroatoms. The smallest absolute Gasteiger partial charge is 0.309 e. The first-order valence-corrected chi connectivity index (χ1v) is 4.06. The average Bonchev–Trinajstić information content (AvgIpc) is 2.59. The highest BCUT2D eigenvalue weighted by Crippen LogP contribution is 2.52. The van der Waals surface area contributed by atoms with Gasteiger partial charge in [0.2, 0.25) is 0 Å². The van der Waals surface area contributed by atoms with Crippen LogP contribution in [0.15, 0.2) is 5.16 Å². The van der Waals surface area contributed by atoms with E-state index in [1.807, 2.05) is 0 Å². The lowest BCUT2D eigenvalue weighted by Crippen LogP contribution is -2.37. The van der Waals surface area contributed by atoms with Gasteiger partial charge in [0.05, 0.1) is 18.7 Å². The first-order chi connectivity index (χ1) is 5.77. The Kier molecular flexibility index (Phi) is 1.56. The summed E-state index contributed by atoms with van der Waals surface area (Å²) in [6.45, 7) is 0. The van der Waals surface area contributed by atoms with Crippen molar-refractivity contribution in [2.75, 3.05) is 7.11 Å². The third kappa shape index (κ3) is 0.777. The number of esters is 1. The molecule has 0 heterocycles. The van der Waals surface area contributed by atoms with E-state index in [0.29, 0.717) is 5.92 Å². The quantitative estimate of drug-likeness (QED) is 0.356. The highest BCUT2D eigenvalue weighted by molar-refractivity contribution is 5.97. The maximum Gasteiger partial charge on any atom is 0.309 e. The monoisotopic (exact) mass is 169 g/mol. The number of oxime groups is 1. The Hall–Kier alpha value is -1.06. The van der Waals surface area contributed by atoms with Gasteiger partial charge in [0.1, 0.15) is 0 Å². The predicted molar refractivity (Wildman–Crippen MR) is 40.9 cm³/mol. The molecule has 3 aliphatic rings. The summed E-state index contributed by atoms with van der Waals surface area (Å²) in [6, 6.07) is 0. The highest BCUT2D eigenvalue weighted by Gasteiger charge is 2.55. The Morgan fingerprint density at radius 3 is 3.00 bits per heavy atom. The summed E-state index contributed by atoms with van der Waals surface area (Å²) in [5.41, 5.74) is 0.774. The lowest BCUT2D eigenvalue weighted by molar-refractivity contribution is -0.152. The number of hydrogen-bond acceptors (Lipinski definition) is 4. The Bertz CT molecular complexity index is 249. The van der Waals surface area contributed by atoms with E-state index in [4.69, 9.17) is 5.21 Å². The first-order valence-electron chi connectivity index (χ1n) is 4.06. The third-order valence-electron chi connectivity index (χ3n) is 3.00. The second-order valence-electron chi connectivity index (χ2n) is 3.45. The van der Waals surface area contributed by atoms with E-state index in [1.54, 1.807) is 0 Å². The van der Waals surface area contributed by atoms with Gasteiger partial charge >= 0.3 is 5.97 Å². The fourth-order valence-corrected chi connectivity index (χ4v) is 2.33. The zero-order valence-electron chi connectivity index (χ0n) is 6.86. The molecular weight excluding hydrogens is 158 g/mol. The van der Waals surface area contributed by atoms with Crippen molar-refractivity contribution in [3.8, 4) is 0 Å². The SMILES string of the molecule is COC(=O)[C@H]1[C@H]2C/C(=N/O)[C@H]1C2. The average molecular weight is 169 g/mol. The van der Waals surface area contributed by atoms with E-state index in [1.165, 1.54) is 7.11 Å². The van der Waals surface area contributed by atoms with E-state index in [9.17, 15) is 4.79 Å². The van der Waals surface area contributed by atoms with Crippen LogP contribution in [0.5, 0.6) is 0 Å². The number of carbonyl (C=O) groups excluding carboxylic acids is 1. The van der Waals surface area contributed by atoms with Crippen molar-refractivity contribution in [2.24, 2.45) is 22.9 Å². The number of ether oxygens (including phenoxy) is 1. The van der Waals surface area contributed by atoms with Crippen molar-refractivity contribution in [3.63, 3.8) is 0 Å². The van der Waals surface area contributed by atoms with Crippen LogP contribution in [-0.2, 0) is 9.53 Å². The van der Waals surface area contributed by atoms with Crippen molar-refractivity contribution >= 4 is 11.7 Å². The Morgan fingerprint density at radius 2 is 2.50 bits per heavy atom. The van der Waals surface area contributed by atoms with Gasteiger partial charge in [-0.2, -0.15) is 0 Å². The summed E-state index contributed by atoms with van der Waals surface area (Å²) >= 11 is 0. The zero-order chi connectivity index (χ0) is 8.72. The molecular formula is C8H11NO3.